The first-order valence-corrected chi connectivity index (χ1v) is 10.6. The number of nitrogens with one attached hydrogen (secondary N) is 1. The number of rotatable bonds is 7. The molecule has 1 aromatic heterocycles. The van der Waals surface area contributed by atoms with E-state index in [1.54, 1.807) is 73.1 Å². The second-order valence-corrected chi connectivity index (χ2v) is 8.19. The number of carbonyl (C=O) groups excluding carboxylic acids is 1. The lowest BCUT2D eigenvalue weighted by molar-refractivity contribution is 0.0955. The Morgan fingerprint density at radius 3 is 2.31 bits per heavy atom. The maximum atomic E-state index is 12.2. The van der Waals surface area contributed by atoms with Gasteiger partial charge in [0, 0.05) is 18.0 Å². The van der Waals surface area contributed by atoms with Crippen LogP contribution in [0.3, 0.4) is 0 Å². The van der Waals surface area contributed by atoms with Gasteiger partial charge in [-0.25, -0.2) is 13.8 Å². The molecule has 1 N–H and O–H groups in total. The van der Waals surface area contributed by atoms with Crippen LogP contribution in [0.25, 0.3) is 0 Å². The molecule has 0 fully saturated rings. The van der Waals surface area contributed by atoms with Crippen molar-refractivity contribution in [2.45, 2.75) is 6.54 Å². The molecule has 3 aromatic rings. The largest absolute Gasteiger partial charge is 0.271 e. The van der Waals surface area contributed by atoms with Crippen molar-refractivity contribution < 1.29 is 13.2 Å². The Labute approximate surface area is 169 Å². The van der Waals surface area contributed by atoms with Crippen LogP contribution >= 0.6 is 0 Å². The summed E-state index contributed by atoms with van der Waals surface area (Å²) in [7, 11) is -3.45. The number of para-hydroxylation sites is 1. The van der Waals surface area contributed by atoms with Crippen LogP contribution in [-0.4, -0.2) is 31.8 Å². The molecule has 0 atom stereocenters. The molecule has 148 valence electrons. The summed E-state index contributed by atoms with van der Waals surface area (Å²) in [5.74, 6) is -0.357. The van der Waals surface area contributed by atoms with Gasteiger partial charge in [-0.1, -0.05) is 30.3 Å². The molecule has 7 nitrogen and oxygen atoms in total. The predicted octanol–water partition coefficient (Wildman–Crippen LogP) is 2.81. The van der Waals surface area contributed by atoms with Crippen LogP contribution in [0.5, 0.6) is 0 Å². The fourth-order valence-electron chi connectivity index (χ4n) is 2.60. The van der Waals surface area contributed by atoms with E-state index < -0.39 is 10.0 Å². The molecule has 2 aromatic carbocycles. The zero-order valence-electron chi connectivity index (χ0n) is 15.8. The summed E-state index contributed by atoms with van der Waals surface area (Å²) in [6.45, 7) is 0.172. The van der Waals surface area contributed by atoms with Gasteiger partial charge < -0.3 is 0 Å². The average molecular weight is 408 g/mol. The van der Waals surface area contributed by atoms with E-state index >= 15 is 0 Å². The van der Waals surface area contributed by atoms with Gasteiger partial charge in [-0.05, 0) is 47.5 Å². The van der Waals surface area contributed by atoms with E-state index in [0.29, 0.717) is 11.3 Å². The van der Waals surface area contributed by atoms with Crippen molar-refractivity contribution >= 4 is 27.8 Å². The number of nitrogens with zero attached hydrogens (tertiary/aromatic N) is 3. The van der Waals surface area contributed by atoms with E-state index in [-0.39, 0.29) is 12.5 Å². The van der Waals surface area contributed by atoms with Gasteiger partial charge in [0.15, 0.2) is 0 Å². The van der Waals surface area contributed by atoms with Crippen molar-refractivity contribution in [2.24, 2.45) is 5.10 Å². The minimum absolute atomic E-state index is 0.172. The van der Waals surface area contributed by atoms with Crippen LogP contribution in [-0.2, 0) is 16.6 Å². The van der Waals surface area contributed by atoms with Gasteiger partial charge in [0.1, 0.15) is 0 Å². The number of anilines is 1. The summed E-state index contributed by atoms with van der Waals surface area (Å²) in [6.07, 6.45) is 5.97. The molecule has 3 rings (SSSR count). The molecule has 0 saturated carbocycles. The molecule has 0 unspecified atom stereocenters. The van der Waals surface area contributed by atoms with Crippen molar-refractivity contribution in [1.82, 2.24) is 10.4 Å². The third-order valence-electron chi connectivity index (χ3n) is 4.07. The molecule has 0 spiro atoms. The summed E-state index contributed by atoms with van der Waals surface area (Å²) in [4.78, 5) is 16.1. The first-order chi connectivity index (χ1) is 13.9. The van der Waals surface area contributed by atoms with Crippen LogP contribution in [0, 0.1) is 0 Å². The maximum Gasteiger partial charge on any atom is 0.271 e. The number of hydrazone groups is 1. The lowest BCUT2D eigenvalue weighted by atomic mass is 10.1. The van der Waals surface area contributed by atoms with E-state index in [1.165, 1.54) is 16.8 Å². The third kappa shape index (κ3) is 5.73. The highest BCUT2D eigenvalue weighted by atomic mass is 32.2. The fourth-order valence-corrected chi connectivity index (χ4v) is 3.49. The molecule has 0 aliphatic rings. The van der Waals surface area contributed by atoms with E-state index in [4.69, 9.17) is 0 Å². The number of aromatic nitrogens is 1. The number of pyridine rings is 1. The third-order valence-corrected chi connectivity index (χ3v) is 5.21. The lowest BCUT2D eigenvalue weighted by Crippen LogP contribution is -2.29. The minimum atomic E-state index is -3.45. The molecule has 0 radical (unpaired) electrons. The SMILES string of the molecule is CS(=O)(=O)N(Cc1ccc(C(=O)N/N=C/c2ccncc2)cc1)c1ccccc1. The zero-order valence-corrected chi connectivity index (χ0v) is 16.6. The Kier molecular flexibility index (Phi) is 6.36. The maximum absolute atomic E-state index is 12.2. The van der Waals surface area contributed by atoms with Gasteiger partial charge in [-0.3, -0.25) is 14.1 Å². The summed E-state index contributed by atoms with van der Waals surface area (Å²) in [5, 5.41) is 3.92. The Balaban J connectivity index is 1.67. The van der Waals surface area contributed by atoms with Crippen LogP contribution in [0.1, 0.15) is 21.5 Å². The first-order valence-electron chi connectivity index (χ1n) is 8.78. The number of hydrogen-bond acceptors (Lipinski definition) is 5. The summed E-state index contributed by atoms with van der Waals surface area (Å²) >= 11 is 0. The molecule has 0 aliphatic carbocycles. The monoisotopic (exact) mass is 408 g/mol. The molecule has 0 saturated heterocycles. The van der Waals surface area contributed by atoms with Crippen LogP contribution in [0.15, 0.2) is 84.2 Å². The second kappa shape index (κ2) is 9.11. The zero-order chi connectivity index (χ0) is 20.7. The van der Waals surface area contributed by atoms with Gasteiger partial charge >= 0.3 is 0 Å². The molecular formula is C21H20N4O3S. The predicted molar refractivity (Wildman–Crippen MR) is 113 cm³/mol. The van der Waals surface area contributed by atoms with Crippen molar-refractivity contribution in [3.8, 4) is 0 Å². The highest BCUT2D eigenvalue weighted by Gasteiger charge is 2.17. The van der Waals surface area contributed by atoms with Crippen molar-refractivity contribution in [2.75, 3.05) is 10.6 Å². The smallest absolute Gasteiger partial charge is 0.267 e. The Hall–Kier alpha value is -3.52. The lowest BCUT2D eigenvalue weighted by Gasteiger charge is -2.22. The Morgan fingerprint density at radius 1 is 1.03 bits per heavy atom. The number of amides is 1. The quantitative estimate of drug-likeness (QED) is 0.481. The number of hydrogen-bond donors (Lipinski definition) is 1. The van der Waals surface area contributed by atoms with Gasteiger partial charge in [0.25, 0.3) is 5.91 Å². The van der Waals surface area contributed by atoms with E-state index in [0.717, 1.165) is 11.1 Å². The van der Waals surface area contributed by atoms with Crippen LogP contribution in [0.4, 0.5) is 5.69 Å². The van der Waals surface area contributed by atoms with Gasteiger partial charge in [-0.15, -0.1) is 0 Å². The summed E-state index contributed by atoms with van der Waals surface area (Å²) in [5.41, 5.74) is 5.05. The number of benzene rings is 2. The molecular weight excluding hydrogens is 388 g/mol. The number of carbonyl (C=O) groups is 1. The Morgan fingerprint density at radius 2 is 1.69 bits per heavy atom. The first kappa shape index (κ1) is 20.2. The van der Waals surface area contributed by atoms with Crippen molar-refractivity contribution in [1.29, 1.82) is 0 Å². The second-order valence-electron chi connectivity index (χ2n) is 6.28. The molecule has 29 heavy (non-hydrogen) atoms. The molecule has 8 heteroatoms. The van der Waals surface area contributed by atoms with Crippen molar-refractivity contribution in [3.63, 3.8) is 0 Å². The van der Waals surface area contributed by atoms with Gasteiger partial charge in [-0.2, -0.15) is 5.10 Å². The van der Waals surface area contributed by atoms with E-state index in [2.05, 4.69) is 15.5 Å². The van der Waals surface area contributed by atoms with Crippen molar-refractivity contribution in [3.05, 3.63) is 95.8 Å². The average Bonchev–Trinajstić information content (AvgIpc) is 2.73. The van der Waals surface area contributed by atoms with E-state index in [1.807, 2.05) is 6.07 Å². The summed E-state index contributed by atoms with van der Waals surface area (Å²) in [6, 6.07) is 19.1. The highest BCUT2D eigenvalue weighted by molar-refractivity contribution is 7.92. The van der Waals surface area contributed by atoms with Crippen LogP contribution < -0.4 is 9.73 Å². The minimum Gasteiger partial charge on any atom is -0.267 e. The normalized spacial score (nSPS) is 11.3. The van der Waals surface area contributed by atoms with E-state index in [9.17, 15) is 13.2 Å². The molecule has 1 heterocycles. The van der Waals surface area contributed by atoms with Crippen LogP contribution in [0.2, 0.25) is 0 Å². The molecule has 1 amide bonds. The summed E-state index contributed by atoms with van der Waals surface area (Å²) < 4.78 is 25.7. The standard InChI is InChI=1S/C21H20N4O3S/c1-29(27,28)25(20-5-3-2-4-6-20)16-18-7-9-19(10-8-18)21(26)24-23-15-17-11-13-22-14-12-17/h2-15H,16H2,1H3,(H,24,26)/b23-15+. The molecule has 0 aliphatic heterocycles. The Bertz CT molecular complexity index is 1080. The van der Waals surface area contributed by atoms with Gasteiger partial charge in [0.05, 0.1) is 24.7 Å². The number of sulfonamides is 1. The topological polar surface area (TPSA) is 91.7 Å². The highest BCUT2D eigenvalue weighted by Crippen LogP contribution is 2.20. The fraction of sp³-hybridized carbons (Fsp3) is 0.0952. The van der Waals surface area contributed by atoms with Gasteiger partial charge in [0.2, 0.25) is 10.0 Å². The molecule has 0 bridgehead atoms.